The Balaban J connectivity index is 5.05. The molecule has 0 rings (SSSR count). The van der Waals surface area contributed by atoms with Gasteiger partial charge in [0.05, 0.1) is 6.61 Å². The summed E-state index contributed by atoms with van der Waals surface area (Å²) in [7, 11) is 0. The number of hydrogen-bond donors (Lipinski definition) is 7. The minimum atomic E-state index is -1.17. The van der Waals surface area contributed by atoms with Crippen LogP contribution in [0.3, 0.4) is 0 Å². The van der Waals surface area contributed by atoms with Crippen LogP contribution in [0.25, 0.3) is 0 Å². The molecule has 4 atom stereocenters. The summed E-state index contributed by atoms with van der Waals surface area (Å²) in [5, 5.41) is 25.5. The van der Waals surface area contributed by atoms with Crippen LogP contribution in [0, 0.1) is 0 Å². The Morgan fingerprint density at radius 2 is 1.59 bits per heavy atom. The Morgan fingerprint density at radius 3 is 2.10 bits per heavy atom. The summed E-state index contributed by atoms with van der Waals surface area (Å²) in [6, 6.07) is -4.21. The minimum absolute atomic E-state index is 0.247. The van der Waals surface area contributed by atoms with Gasteiger partial charge in [0.15, 0.2) is 0 Å². The maximum Gasteiger partial charge on any atom is 0.326 e. The summed E-state index contributed by atoms with van der Waals surface area (Å²) in [5.74, 6) is -2.56. The van der Waals surface area contributed by atoms with Gasteiger partial charge in [0.25, 0.3) is 0 Å². The minimum Gasteiger partial charge on any atom is -0.480 e. The van der Waals surface area contributed by atoms with Gasteiger partial charge in [-0.2, -0.15) is 11.8 Å². The smallest absolute Gasteiger partial charge is 0.326 e. The highest BCUT2D eigenvalue weighted by molar-refractivity contribution is 7.98. The molecule has 9 N–H and O–H groups in total. The van der Waals surface area contributed by atoms with Crippen molar-refractivity contribution in [1.82, 2.24) is 16.0 Å². The Morgan fingerprint density at radius 1 is 0.966 bits per heavy atom. The van der Waals surface area contributed by atoms with E-state index in [2.05, 4.69) is 16.0 Å². The molecule has 11 nitrogen and oxygen atoms in total. The van der Waals surface area contributed by atoms with E-state index in [1.54, 1.807) is 0 Å². The van der Waals surface area contributed by atoms with E-state index in [0.29, 0.717) is 25.1 Å². The molecule has 3 amide bonds. The fourth-order valence-electron chi connectivity index (χ4n) is 2.29. The van der Waals surface area contributed by atoms with E-state index >= 15 is 0 Å². The Hall–Kier alpha value is -1.89. The summed E-state index contributed by atoms with van der Waals surface area (Å²) >= 11 is 1.46. The van der Waals surface area contributed by atoms with E-state index in [0.717, 1.165) is 0 Å². The Bertz CT molecular complexity index is 550. The van der Waals surface area contributed by atoms with Crippen LogP contribution in [0.15, 0.2) is 0 Å². The number of nitrogens with two attached hydrogens (primary N) is 2. The highest BCUT2D eigenvalue weighted by atomic mass is 32.2. The maximum absolute atomic E-state index is 12.6. The average molecular weight is 436 g/mol. The SMILES string of the molecule is CSCCC(NC(=O)C(CCCCN)NC(=O)C(C)NC(=O)C(N)CO)C(=O)O. The number of aliphatic hydroxyl groups excluding tert-OH is 1. The van der Waals surface area contributed by atoms with E-state index < -0.39 is 54.5 Å². The van der Waals surface area contributed by atoms with Gasteiger partial charge in [0.1, 0.15) is 24.2 Å². The second-order valence-electron chi connectivity index (χ2n) is 6.55. The third-order valence-corrected chi connectivity index (χ3v) is 4.73. The molecule has 12 heteroatoms. The summed E-state index contributed by atoms with van der Waals surface area (Å²) in [6.07, 6.45) is 3.52. The maximum atomic E-state index is 12.6. The molecule has 0 aromatic heterocycles. The number of rotatable bonds is 15. The molecule has 0 aromatic carbocycles. The van der Waals surface area contributed by atoms with Crippen LogP contribution in [0.2, 0.25) is 0 Å². The molecule has 0 bridgehead atoms. The molecule has 0 aliphatic carbocycles. The standard InChI is InChI=1S/C17H33N5O6S/c1-10(20-15(25)11(19)9-23)14(24)21-12(5-3-4-7-18)16(26)22-13(17(27)28)6-8-29-2/h10-13,23H,3-9,18-19H2,1-2H3,(H,20,25)(H,21,24)(H,22,26)(H,27,28). The van der Waals surface area contributed by atoms with Gasteiger partial charge in [-0.3, -0.25) is 14.4 Å². The summed E-state index contributed by atoms with van der Waals surface area (Å²) in [5.41, 5.74) is 10.9. The first kappa shape index (κ1) is 27.1. The van der Waals surface area contributed by atoms with Crippen LogP contribution < -0.4 is 27.4 Å². The second kappa shape index (κ2) is 15.0. The number of carboxylic acids is 1. The fourth-order valence-corrected chi connectivity index (χ4v) is 2.76. The molecule has 0 spiro atoms. The molecule has 0 fully saturated rings. The fraction of sp³-hybridized carbons (Fsp3) is 0.765. The molecular formula is C17H33N5O6S. The van der Waals surface area contributed by atoms with E-state index in [-0.39, 0.29) is 12.8 Å². The Labute approximate surface area is 174 Å². The lowest BCUT2D eigenvalue weighted by Gasteiger charge is -2.23. The van der Waals surface area contributed by atoms with E-state index in [1.165, 1.54) is 18.7 Å². The lowest BCUT2D eigenvalue weighted by atomic mass is 10.1. The number of amides is 3. The van der Waals surface area contributed by atoms with Crippen LogP contribution in [-0.2, 0) is 19.2 Å². The topological polar surface area (TPSA) is 197 Å². The number of carboxylic acid groups (broad SMARTS) is 1. The third kappa shape index (κ3) is 11.0. The van der Waals surface area contributed by atoms with Gasteiger partial charge < -0.3 is 37.6 Å². The monoisotopic (exact) mass is 435 g/mol. The third-order valence-electron chi connectivity index (χ3n) is 4.09. The molecular weight excluding hydrogens is 402 g/mol. The summed E-state index contributed by atoms with van der Waals surface area (Å²) in [6.45, 7) is 1.25. The van der Waals surface area contributed by atoms with E-state index in [4.69, 9.17) is 16.6 Å². The van der Waals surface area contributed by atoms with Crippen molar-refractivity contribution < 1.29 is 29.4 Å². The van der Waals surface area contributed by atoms with Crippen LogP contribution in [-0.4, -0.2) is 83.2 Å². The number of carbonyl (C=O) groups excluding carboxylic acids is 3. The highest BCUT2D eigenvalue weighted by Gasteiger charge is 2.28. The van der Waals surface area contributed by atoms with Gasteiger partial charge in [-0.1, -0.05) is 0 Å². The summed E-state index contributed by atoms with van der Waals surface area (Å²) in [4.78, 5) is 48.0. The number of carbonyl (C=O) groups is 4. The van der Waals surface area contributed by atoms with Gasteiger partial charge in [-0.25, -0.2) is 4.79 Å². The lowest BCUT2D eigenvalue weighted by molar-refractivity contribution is -0.142. The van der Waals surface area contributed by atoms with Crippen molar-refractivity contribution in [1.29, 1.82) is 0 Å². The first-order chi connectivity index (χ1) is 13.7. The van der Waals surface area contributed by atoms with Gasteiger partial charge >= 0.3 is 5.97 Å². The lowest BCUT2D eigenvalue weighted by Crippen LogP contribution is -2.56. The zero-order valence-electron chi connectivity index (χ0n) is 16.8. The molecule has 4 unspecified atom stereocenters. The first-order valence-corrected chi connectivity index (χ1v) is 10.8. The molecule has 0 heterocycles. The molecule has 0 saturated heterocycles. The van der Waals surface area contributed by atoms with Crippen molar-refractivity contribution in [2.75, 3.05) is 25.2 Å². The second-order valence-corrected chi connectivity index (χ2v) is 7.53. The number of aliphatic hydroxyl groups is 1. The van der Waals surface area contributed by atoms with Crippen LogP contribution in [0.5, 0.6) is 0 Å². The predicted molar refractivity (Wildman–Crippen MR) is 110 cm³/mol. The predicted octanol–water partition coefficient (Wildman–Crippen LogP) is -2.25. The van der Waals surface area contributed by atoms with Crippen molar-refractivity contribution in [2.45, 2.75) is 56.8 Å². The molecule has 0 aromatic rings. The molecule has 0 radical (unpaired) electrons. The average Bonchev–Trinajstić information content (AvgIpc) is 2.68. The van der Waals surface area contributed by atoms with Crippen molar-refractivity contribution in [3.8, 4) is 0 Å². The van der Waals surface area contributed by atoms with Crippen LogP contribution >= 0.6 is 11.8 Å². The van der Waals surface area contributed by atoms with Crippen LogP contribution in [0.1, 0.15) is 32.6 Å². The zero-order chi connectivity index (χ0) is 22.4. The zero-order valence-corrected chi connectivity index (χ0v) is 17.7. The number of thioether (sulfide) groups is 1. The number of nitrogens with one attached hydrogen (secondary N) is 3. The van der Waals surface area contributed by atoms with Crippen molar-refractivity contribution in [3.63, 3.8) is 0 Å². The Kier molecular flexibility index (Phi) is 14.0. The van der Waals surface area contributed by atoms with Gasteiger partial charge in [0.2, 0.25) is 17.7 Å². The van der Waals surface area contributed by atoms with Crippen molar-refractivity contribution in [2.24, 2.45) is 11.5 Å². The number of unbranched alkanes of at least 4 members (excludes halogenated alkanes) is 1. The van der Waals surface area contributed by atoms with Gasteiger partial charge in [-0.05, 0) is 51.2 Å². The van der Waals surface area contributed by atoms with Gasteiger partial charge in [0, 0.05) is 0 Å². The normalized spacial score (nSPS) is 14.9. The summed E-state index contributed by atoms with van der Waals surface area (Å²) < 4.78 is 0. The first-order valence-electron chi connectivity index (χ1n) is 9.37. The van der Waals surface area contributed by atoms with Crippen molar-refractivity contribution in [3.05, 3.63) is 0 Å². The number of hydrogen-bond acceptors (Lipinski definition) is 8. The van der Waals surface area contributed by atoms with Crippen LogP contribution in [0.4, 0.5) is 0 Å². The largest absolute Gasteiger partial charge is 0.480 e. The highest BCUT2D eigenvalue weighted by Crippen LogP contribution is 2.05. The molecule has 0 aliphatic heterocycles. The molecule has 0 aliphatic rings. The van der Waals surface area contributed by atoms with Crippen molar-refractivity contribution >= 4 is 35.5 Å². The molecule has 29 heavy (non-hydrogen) atoms. The number of aliphatic carboxylic acids is 1. The molecule has 168 valence electrons. The van der Waals surface area contributed by atoms with E-state index in [1.807, 2.05) is 6.26 Å². The quantitative estimate of drug-likeness (QED) is 0.139. The van der Waals surface area contributed by atoms with Gasteiger partial charge in [-0.15, -0.1) is 0 Å². The van der Waals surface area contributed by atoms with E-state index in [9.17, 15) is 24.3 Å². The molecule has 0 saturated carbocycles.